The number of amides is 1. The number of nitrogens with zero attached hydrogens (tertiary/aromatic N) is 1. The van der Waals surface area contributed by atoms with Crippen molar-refractivity contribution in [1.29, 1.82) is 0 Å². The fourth-order valence-electron chi connectivity index (χ4n) is 2.79. The van der Waals surface area contributed by atoms with Crippen molar-refractivity contribution in [3.05, 3.63) is 0 Å². The number of esters is 1. The second-order valence-corrected chi connectivity index (χ2v) is 5.78. The number of carbonyl (C=O) groups excluding carboxylic acids is 2. The molecule has 0 aromatic heterocycles. The topological polar surface area (TPSA) is 58.6 Å². The highest BCUT2D eigenvalue weighted by atomic mass is 16.5. The van der Waals surface area contributed by atoms with Gasteiger partial charge in [0.1, 0.15) is 0 Å². The van der Waals surface area contributed by atoms with Gasteiger partial charge in [-0.25, -0.2) is 0 Å². The summed E-state index contributed by atoms with van der Waals surface area (Å²) >= 11 is 0. The molecule has 5 heteroatoms. The molecular formula is C16H30N2O3. The minimum Gasteiger partial charge on any atom is -0.466 e. The van der Waals surface area contributed by atoms with Crippen LogP contribution in [0.15, 0.2) is 0 Å². The molecule has 0 radical (unpaired) electrons. The van der Waals surface area contributed by atoms with Gasteiger partial charge in [-0.3, -0.25) is 14.5 Å². The first kappa shape index (κ1) is 18.0. The van der Waals surface area contributed by atoms with E-state index in [4.69, 9.17) is 4.74 Å². The van der Waals surface area contributed by atoms with Crippen LogP contribution in [0.3, 0.4) is 0 Å². The number of piperidine rings is 1. The van der Waals surface area contributed by atoms with Crippen LogP contribution in [0.1, 0.15) is 53.4 Å². The zero-order chi connectivity index (χ0) is 15.8. The molecule has 1 heterocycles. The Labute approximate surface area is 128 Å². The summed E-state index contributed by atoms with van der Waals surface area (Å²) in [6.45, 7) is 9.81. The average Bonchev–Trinajstić information content (AvgIpc) is 2.51. The molecular weight excluding hydrogens is 268 g/mol. The monoisotopic (exact) mass is 298 g/mol. The quantitative estimate of drug-likeness (QED) is 0.730. The Bertz CT molecular complexity index is 342. The van der Waals surface area contributed by atoms with Crippen molar-refractivity contribution in [2.24, 2.45) is 5.92 Å². The highest BCUT2D eigenvalue weighted by molar-refractivity contribution is 5.81. The number of nitrogens with one attached hydrogen (secondary N) is 1. The maximum atomic E-state index is 12.3. The van der Waals surface area contributed by atoms with Crippen LogP contribution >= 0.6 is 0 Å². The Morgan fingerprint density at radius 2 is 1.95 bits per heavy atom. The van der Waals surface area contributed by atoms with Gasteiger partial charge in [-0.2, -0.15) is 0 Å². The van der Waals surface area contributed by atoms with Crippen molar-refractivity contribution in [1.82, 2.24) is 10.2 Å². The summed E-state index contributed by atoms with van der Waals surface area (Å²) in [5.74, 6) is -0.162. The van der Waals surface area contributed by atoms with Crippen LogP contribution in [0.5, 0.6) is 0 Å². The molecule has 0 aliphatic carbocycles. The Morgan fingerprint density at radius 3 is 2.52 bits per heavy atom. The van der Waals surface area contributed by atoms with E-state index < -0.39 is 0 Å². The van der Waals surface area contributed by atoms with Gasteiger partial charge in [0.25, 0.3) is 0 Å². The van der Waals surface area contributed by atoms with Crippen molar-refractivity contribution < 1.29 is 14.3 Å². The van der Waals surface area contributed by atoms with E-state index in [0.717, 1.165) is 32.2 Å². The van der Waals surface area contributed by atoms with Gasteiger partial charge in [-0.15, -0.1) is 0 Å². The largest absolute Gasteiger partial charge is 0.466 e. The van der Waals surface area contributed by atoms with Gasteiger partial charge in [-0.05, 0) is 46.1 Å². The average molecular weight is 298 g/mol. The third kappa shape index (κ3) is 5.30. The lowest BCUT2D eigenvalue weighted by Gasteiger charge is -2.35. The molecule has 1 amide bonds. The highest BCUT2D eigenvalue weighted by Gasteiger charge is 2.31. The number of carbonyl (C=O) groups is 2. The molecule has 1 unspecified atom stereocenters. The lowest BCUT2D eigenvalue weighted by atomic mass is 9.96. The molecule has 2 atom stereocenters. The van der Waals surface area contributed by atoms with Crippen molar-refractivity contribution in [3.8, 4) is 0 Å². The molecule has 0 aromatic rings. The summed E-state index contributed by atoms with van der Waals surface area (Å²) < 4.78 is 5.10. The van der Waals surface area contributed by atoms with E-state index in [2.05, 4.69) is 24.1 Å². The van der Waals surface area contributed by atoms with E-state index in [-0.39, 0.29) is 29.9 Å². The Balaban J connectivity index is 2.54. The fourth-order valence-corrected chi connectivity index (χ4v) is 2.79. The van der Waals surface area contributed by atoms with E-state index in [1.165, 1.54) is 0 Å². The van der Waals surface area contributed by atoms with Crippen LogP contribution in [0.25, 0.3) is 0 Å². The van der Waals surface area contributed by atoms with Crippen molar-refractivity contribution >= 4 is 11.9 Å². The number of hydrogen-bond donors (Lipinski definition) is 1. The number of ether oxygens (including phenoxy) is 1. The third-order valence-corrected chi connectivity index (χ3v) is 4.33. The summed E-state index contributed by atoms with van der Waals surface area (Å²) in [6.07, 6.45) is 3.68. The number of rotatable bonds is 7. The van der Waals surface area contributed by atoms with Crippen molar-refractivity contribution in [2.45, 2.75) is 65.5 Å². The standard InChI is InChI=1S/C16H30N2O3/c1-5-14(6-2)17-15(19)12(4)18-10-8-9-13(11-18)16(20)21-7-3/h12-14H,5-11H2,1-4H3,(H,17,19)/t12?,13-/m0/s1. The summed E-state index contributed by atoms with van der Waals surface area (Å²) in [5, 5.41) is 3.09. The highest BCUT2D eigenvalue weighted by Crippen LogP contribution is 2.20. The molecule has 0 spiro atoms. The zero-order valence-electron chi connectivity index (χ0n) is 13.9. The molecule has 0 aromatic carbocycles. The van der Waals surface area contributed by atoms with Gasteiger partial charge >= 0.3 is 5.97 Å². The molecule has 1 aliphatic heterocycles. The molecule has 5 nitrogen and oxygen atoms in total. The lowest BCUT2D eigenvalue weighted by Crippen LogP contribution is -2.52. The first-order valence-electron chi connectivity index (χ1n) is 8.24. The molecule has 0 bridgehead atoms. The summed E-state index contributed by atoms with van der Waals surface area (Å²) in [5.41, 5.74) is 0. The molecule has 122 valence electrons. The fraction of sp³-hybridized carbons (Fsp3) is 0.875. The molecule has 21 heavy (non-hydrogen) atoms. The van der Waals surface area contributed by atoms with Gasteiger partial charge in [-0.1, -0.05) is 13.8 Å². The zero-order valence-corrected chi connectivity index (χ0v) is 13.9. The summed E-state index contributed by atoms with van der Waals surface area (Å²) in [6, 6.07) is 0.0495. The normalized spacial score (nSPS) is 21.1. The van der Waals surface area contributed by atoms with Crippen LogP contribution < -0.4 is 5.32 Å². The minimum absolute atomic E-state index is 0.0632. The molecule has 1 rings (SSSR count). The van der Waals surface area contributed by atoms with Gasteiger partial charge in [0.05, 0.1) is 18.6 Å². The summed E-state index contributed by atoms with van der Waals surface area (Å²) in [4.78, 5) is 26.3. The van der Waals surface area contributed by atoms with Crippen LogP contribution in [0.4, 0.5) is 0 Å². The molecule has 0 saturated carbocycles. The van der Waals surface area contributed by atoms with Crippen LogP contribution in [0, 0.1) is 5.92 Å². The Morgan fingerprint density at radius 1 is 1.29 bits per heavy atom. The lowest BCUT2D eigenvalue weighted by molar-refractivity contribution is -0.151. The minimum atomic E-state index is -0.192. The van der Waals surface area contributed by atoms with Crippen LogP contribution in [0.2, 0.25) is 0 Å². The molecule has 1 aliphatic rings. The molecule has 1 saturated heterocycles. The number of likely N-dealkylation sites (tertiary alicyclic amines) is 1. The first-order valence-corrected chi connectivity index (χ1v) is 8.24. The molecule has 1 fully saturated rings. The molecule has 1 N–H and O–H groups in total. The number of hydrogen-bond acceptors (Lipinski definition) is 4. The Kier molecular flexibility index (Phi) is 7.72. The maximum absolute atomic E-state index is 12.3. The van der Waals surface area contributed by atoms with Gasteiger partial charge in [0.2, 0.25) is 5.91 Å². The third-order valence-electron chi connectivity index (χ3n) is 4.33. The van der Waals surface area contributed by atoms with E-state index in [1.807, 2.05) is 13.8 Å². The second kappa shape index (κ2) is 9.03. The van der Waals surface area contributed by atoms with Crippen molar-refractivity contribution in [3.63, 3.8) is 0 Å². The van der Waals surface area contributed by atoms with Gasteiger partial charge in [0.15, 0.2) is 0 Å². The van der Waals surface area contributed by atoms with E-state index >= 15 is 0 Å². The predicted octanol–water partition coefficient (Wildman–Crippen LogP) is 1.95. The first-order chi connectivity index (χ1) is 10.0. The van der Waals surface area contributed by atoms with E-state index in [1.54, 1.807) is 0 Å². The van der Waals surface area contributed by atoms with Crippen molar-refractivity contribution in [2.75, 3.05) is 19.7 Å². The smallest absolute Gasteiger partial charge is 0.310 e. The van der Waals surface area contributed by atoms with E-state index in [9.17, 15) is 9.59 Å². The van der Waals surface area contributed by atoms with Crippen LogP contribution in [-0.2, 0) is 14.3 Å². The maximum Gasteiger partial charge on any atom is 0.310 e. The Hall–Kier alpha value is -1.10. The summed E-state index contributed by atoms with van der Waals surface area (Å²) in [7, 11) is 0. The van der Waals surface area contributed by atoms with Crippen LogP contribution in [-0.4, -0.2) is 48.6 Å². The second-order valence-electron chi connectivity index (χ2n) is 5.78. The predicted molar refractivity (Wildman–Crippen MR) is 82.9 cm³/mol. The van der Waals surface area contributed by atoms with Gasteiger partial charge < -0.3 is 10.1 Å². The van der Waals surface area contributed by atoms with E-state index in [0.29, 0.717) is 13.2 Å². The van der Waals surface area contributed by atoms with Gasteiger partial charge in [0, 0.05) is 12.6 Å². The SMILES string of the molecule is CCOC(=O)[C@H]1CCCN(C(C)C(=O)NC(CC)CC)C1.